The van der Waals surface area contributed by atoms with Gasteiger partial charge in [-0.05, 0) is 45.7 Å². The number of aliphatic carboxylic acids is 1. The van der Waals surface area contributed by atoms with Crippen LogP contribution in [0.25, 0.3) is 0 Å². The molecule has 104 valence electrons. The highest BCUT2D eigenvalue weighted by atomic mass is 16.4. The quantitative estimate of drug-likeness (QED) is 0.798. The van der Waals surface area contributed by atoms with Crippen molar-refractivity contribution in [1.29, 1.82) is 0 Å². The molecule has 0 aliphatic carbocycles. The Bertz CT molecular complexity index is 297. The van der Waals surface area contributed by atoms with E-state index in [0.29, 0.717) is 6.54 Å². The van der Waals surface area contributed by atoms with E-state index in [4.69, 9.17) is 5.11 Å². The van der Waals surface area contributed by atoms with Crippen LogP contribution in [-0.2, 0) is 9.59 Å². The number of carbonyl (C=O) groups is 2. The van der Waals surface area contributed by atoms with E-state index in [1.165, 1.54) is 0 Å². The van der Waals surface area contributed by atoms with Gasteiger partial charge in [-0.25, -0.2) is 0 Å². The molecule has 1 saturated heterocycles. The molecule has 0 atom stereocenters. The summed E-state index contributed by atoms with van der Waals surface area (Å²) in [4.78, 5) is 26.4. The third-order valence-electron chi connectivity index (χ3n) is 3.70. The van der Waals surface area contributed by atoms with Crippen molar-refractivity contribution in [2.75, 3.05) is 26.7 Å². The van der Waals surface area contributed by atoms with Crippen molar-refractivity contribution in [2.24, 2.45) is 5.92 Å². The lowest BCUT2D eigenvalue weighted by Crippen LogP contribution is -2.44. The number of likely N-dealkylation sites (tertiary alicyclic amines) is 1. The number of nitrogens with zero attached hydrogens (tertiary/aromatic N) is 2. The van der Waals surface area contributed by atoms with Gasteiger partial charge in [0.05, 0.1) is 6.54 Å². The lowest BCUT2D eigenvalue weighted by molar-refractivity contribution is -0.139. The molecule has 0 radical (unpaired) electrons. The van der Waals surface area contributed by atoms with Crippen molar-refractivity contribution in [2.45, 2.75) is 39.2 Å². The average Bonchev–Trinajstić information content (AvgIpc) is 2.29. The summed E-state index contributed by atoms with van der Waals surface area (Å²) < 4.78 is 0. The van der Waals surface area contributed by atoms with Crippen LogP contribution in [0.2, 0.25) is 0 Å². The largest absolute Gasteiger partial charge is 0.481 e. The van der Waals surface area contributed by atoms with E-state index < -0.39 is 5.97 Å². The van der Waals surface area contributed by atoms with Gasteiger partial charge in [0, 0.05) is 19.5 Å². The maximum absolute atomic E-state index is 11.9. The number of carboxylic acid groups (broad SMARTS) is 1. The number of piperidine rings is 1. The number of likely N-dealkylation sites (N-methyl/N-ethyl adjacent to an activating group) is 1. The van der Waals surface area contributed by atoms with E-state index in [-0.39, 0.29) is 24.3 Å². The van der Waals surface area contributed by atoms with Gasteiger partial charge in [0.1, 0.15) is 0 Å². The van der Waals surface area contributed by atoms with Crippen molar-refractivity contribution < 1.29 is 14.7 Å². The minimum absolute atomic E-state index is 0.140. The van der Waals surface area contributed by atoms with Gasteiger partial charge in [0.2, 0.25) is 5.91 Å². The lowest BCUT2D eigenvalue weighted by atomic mass is 9.93. The van der Waals surface area contributed by atoms with Gasteiger partial charge >= 0.3 is 5.97 Å². The highest BCUT2D eigenvalue weighted by Crippen LogP contribution is 2.20. The predicted octanol–water partition coefficient (Wildman–Crippen LogP) is 1.04. The van der Waals surface area contributed by atoms with Gasteiger partial charge in [0.15, 0.2) is 0 Å². The first-order valence-electron chi connectivity index (χ1n) is 6.60. The summed E-state index contributed by atoms with van der Waals surface area (Å²) >= 11 is 0. The third kappa shape index (κ3) is 4.64. The summed E-state index contributed by atoms with van der Waals surface area (Å²) in [6.45, 7) is 6.10. The maximum Gasteiger partial charge on any atom is 0.303 e. The summed E-state index contributed by atoms with van der Waals surface area (Å²) in [5.74, 6) is -0.303. The molecule has 1 heterocycles. The van der Waals surface area contributed by atoms with E-state index >= 15 is 0 Å². The van der Waals surface area contributed by atoms with Crippen LogP contribution >= 0.6 is 0 Å². The SMILES string of the molecule is CC(C)N(C)C(=O)CN1CCC(CC(=O)O)CC1. The summed E-state index contributed by atoms with van der Waals surface area (Å²) in [5, 5.41) is 8.74. The number of rotatable bonds is 5. The van der Waals surface area contributed by atoms with Crippen LogP contribution in [0.4, 0.5) is 0 Å². The molecule has 5 nitrogen and oxygen atoms in total. The molecule has 5 heteroatoms. The summed E-state index contributed by atoms with van der Waals surface area (Å²) in [7, 11) is 1.82. The van der Waals surface area contributed by atoms with Crippen LogP contribution in [0.15, 0.2) is 0 Å². The normalized spacial score (nSPS) is 18.0. The van der Waals surface area contributed by atoms with E-state index in [0.717, 1.165) is 25.9 Å². The number of hydrogen-bond donors (Lipinski definition) is 1. The van der Waals surface area contributed by atoms with Crippen LogP contribution in [0.5, 0.6) is 0 Å². The molecule has 0 bridgehead atoms. The molecule has 0 aromatic rings. The second-order valence-electron chi connectivity index (χ2n) is 5.42. The highest BCUT2D eigenvalue weighted by Gasteiger charge is 2.23. The number of hydrogen-bond acceptors (Lipinski definition) is 3. The molecule has 0 unspecified atom stereocenters. The van der Waals surface area contributed by atoms with Gasteiger partial charge in [-0.3, -0.25) is 14.5 Å². The van der Waals surface area contributed by atoms with Crippen molar-refractivity contribution in [3.05, 3.63) is 0 Å². The van der Waals surface area contributed by atoms with E-state index in [1.54, 1.807) is 4.90 Å². The van der Waals surface area contributed by atoms with Gasteiger partial charge in [-0.15, -0.1) is 0 Å². The molecule has 1 aliphatic rings. The predicted molar refractivity (Wildman–Crippen MR) is 69.3 cm³/mol. The Labute approximate surface area is 109 Å². The number of carboxylic acids is 1. The molecule has 1 rings (SSSR count). The molecule has 0 saturated carbocycles. The van der Waals surface area contributed by atoms with E-state index in [1.807, 2.05) is 20.9 Å². The van der Waals surface area contributed by atoms with Crippen LogP contribution < -0.4 is 0 Å². The Kier molecular flexibility index (Phi) is 5.59. The van der Waals surface area contributed by atoms with Gasteiger partial charge in [-0.2, -0.15) is 0 Å². The van der Waals surface area contributed by atoms with Crippen molar-refractivity contribution in [1.82, 2.24) is 9.80 Å². The maximum atomic E-state index is 11.9. The first-order chi connectivity index (χ1) is 8.40. The molecular weight excluding hydrogens is 232 g/mol. The zero-order valence-electron chi connectivity index (χ0n) is 11.6. The summed E-state index contributed by atoms with van der Waals surface area (Å²) in [5.41, 5.74) is 0. The van der Waals surface area contributed by atoms with E-state index in [9.17, 15) is 9.59 Å². The fourth-order valence-corrected chi connectivity index (χ4v) is 2.19. The Hall–Kier alpha value is -1.10. The zero-order chi connectivity index (χ0) is 13.7. The molecule has 0 aromatic carbocycles. The first kappa shape index (κ1) is 15.0. The summed E-state index contributed by atoms with van der Waals surface area (Å²) in [6, 6.07) is 0.224. The molecule has 1 N–H and O–H groups in total. The average molecular weight is 256 g/mol. The number of amides is 1. The Morgan fingerprint density at radius 2 is 1.89 bits per heavy atom. The van der Waals surface area contributed by atoms with Gasteiger partial charge in [-0.1, -0.05) is 0 Å². The molecule has 18 heavy (non-hydrogen) atoms. The third-order valence-corrected chi connectivity index (χ3v) is 3.70. The van der Waals surface area contributed by atoms with Crippen molar-refractivity contribution in [3.63, 3.8) is 0 Å². The Morgan fingerprint density at radius 1 is 1.33 bits per heavy atom. The molecule has 1 amide bonds. The molecule has 1 fully saturated rings. The van der Waals surface area contributed by atoms with Crippen molar-refractivity contribution in [3.8, 4) is 0 Å². The topological polar surface area (TPSA) is 60.9 Å². The Balaban J connectivity index is 2.31. The molecule has 1 aliphatic heterocycles. The lowest BCUT2D eigenvalue weighted by Gasteiger charge is -2.32. The standard InChI is InChI=1S/C13H24N2O3/c1-10(2)14(3)12(16)9-15-6-4-11(5-7-15)8-13(17)18/h10-11H,4-9H2,1-3H3,(H,17,18). The number of carbonyl (C=O) groups excluding carboxylic acids is 1. The second-order valence-corrected chi connectivity index (χ2v) is 5.42. The van der Waals surface area contributed by atoms with Crippen LogP contribution in [0.1, 0.15) is 33.1 Å². The second kappa shape index (κ2) is 6.73. The molecule has 0 aromatic heterocycles. The van der Waals surface area contributed by atoms with Gasteiger partial charge in [0.25, 0.3) is 0 Å². The highest BCUT2D eigenvalue weighted by molar-refractivity contribution is 5.78. The fourth-order valence-electron chi connectivity index (χ4n) is 2.19. The smallest absolute Gasteiger partial charge is 0.303 e. The minimum Gasteiger partial charge on any atom is -0.481 e. The Morgan fingerprint density at radius 3 is 2.33 bits per heavy atom. The first-order valence-corrected chi connectivity index (χ1v) is 6.60. The van der Waals surface area contributed by atoms with Crippen molar-refractivity contribution >= 4 is 11.9 Å². The molecular formula is C13H24N2O3. The summed E-state index contributed by atoms with van der Waals surface area (Å²) in [6.07, 6.45) is 2.02. The monoisotopic (exact) mass is 256 g/mol. The van der Waals surface area contributed by atoms with Crippen LogP contribution in [-0.4, -0.2) is 59.5 Å². The zero-order valence-corrected chi connectivity index (χ0v) is 11.6. The molecule has 0 spiro atoms. The van der Waals surface area contributed by atoms with Crippen LogP contribution in [0, 0.1) is 5.92 Å². The van der Waals surface area contributed by atoms with E-state index in [2.05, 4.69) is 4.90 Å². The van der Waals surface area contributed by atoms with Gasteiger partial charge < -0.3 is 10.0 Å². The van der Waals surface area contributed by atoms with Crippen LogP contribution in [0.3, 0.4) is 0 Å². The fraction of sp³-hybridized carbons (Fsp3) is 0.846. The minimum atomic E-state index is -0.718.